The lowest BCUT2D eigenvalue weighted by Crippen LogP contribution is -2.00. The van der Waals surface area contributed by atoms with Crippen molar-refractivity contribution in [2.45, 2.75) is 19.3 Å². The van der Waals surface area contributed by atoms with Crippen molar-refractivity contribution in [3.63, 3.8) is 0 Å². The molecule has 0 fully saturated rings. The Hall–Kier alpha value is -2.08. The van der Waals surface area contributed by atoms with Gasteiger partial charge in [0.25, 0.3) is 0 Å². The smallest absolute Gasteiger partial charge is 0.0351 e. The minimum absolute atomic E-state index is 0.436. The molecule has 2 aromatic carbocycles. The Morgan fingerprint density at radius 1 is 0.789 bits per heavy atom. The van der Waals surface area contributed by atoms with Crippen molar-refractivity contribution in [3.05, 3.63) is 83.0 Å². The van der Waals surface area contributed by atoms with E-state index in [0.29, 0.717) is 5.92 Å². The highest BCUT2D eigenvalue weighted by Gasteiger charge is 2.31. The van der Waals surface area contributed by atoms with E-state index in [4.69, 9.17) is 0 Å². The van der Waals surface area contributed by atoms with Crippen LogP contribution >= 0.6 is 0 Å². The zero-order chi connectivity index (χ0) is 12.8. The average Bonchev–Trinajstić information content (AvgIpc) is 3.00. The Balaban J connectivity index is 1.99. The van der Waals surface area contributed by atoms with Crippen LogP contribution in [0.15, 0.2) is 71.8 Å². The van der Waals surface area contributed by atoms with Crippen molar-refractivity contribution in [1.29, 1.82) is 0 Å². The molecule has 2 aromatic rings. The van der Waals surface area contributed by atoms with E-state index in [1.54, 1.807) is 0 Å². The van der Waals surface area contributed by atoms with E-state index in [-0.39, 0.29) is 0 Å². The molecule has 0 radical (unpaired) electrons. The molecule has 0 unspecified atom stereocenters. The molecule has 0 nitrogen and oxygen atoms in total. The van der Waals surface area contributed by atoms with Gasteiger partial charge in [-0.25, -0.2) is 0 Å². The Kier molecular flexibility index (Phi) is 2.25. The van der Waals surface area contributed by atoms with Crippen LogP contribution in [0, 0.1) is 0 Å². The first-order valence-electron chi connectivity index (χ1n) is 6.91. The predicted molar refractivity (Wildman–Crippen MR) is 80.2 cm³/mol. The minimum atomic E-state index is 0.436. The van der Waals surface area contributed by atoms with Crippen LogP contribution in [0.4, 0.5) is 0 Å². The summed E-state index contributed by atoms with van der Waals surface area (Å²) in [6.45, 7) is 2.24. The zero-order valence-corrected chi connectivity index (χ0v) is 11.1. The van der Waals surface area contributed by atoms with Gasteiger partial charge >= 0.3 is 0 Å². The fourth-order valence-electron chi connectivity index (χ4n) is 3.48. The third kappa shape index (κ3) is 1.46. The second-order valence-electron chi connectivity index (χ2n) is 5.39. The quantitative estimate of drug-likeness (QED) is 0.656. The standard InChI is InChI=1S/C19H16/c1-13-7-6-12-14(13)19-17-10-4-2-8-15(17)16-9-3-5-11-18(16)19/h2-5,7-12,19H,6H2,1H3. The maximum Gasteiger partial charge on any atom is 0.0351 e. The topological polar surface area (TPSA) is 0 Å². The molecule has 19 heavy (non-hydrogen) atoms. The van der Waals surface area contributed by atoms with E-state index in [9.17, 15) is 0 Å². The molecule has 0 bridgehead atoms. The Morgan fingerprint density at radius 2 is 1.37 bits per heavy atom. The summed E-state index contributed by atoms with van der Waals surface area (Å²) in [5, 5.41) is 0. The SMILES string of the molecule is CC1=CCC=C1C1c2ccccc2-c2ccccc21. The third-order valence-corrected chi connectivity index (χ3v) is 4.36. The van der Waals surface area contributed by atoms with E-state index in [0.717, 1.165) is 6.42 Å². The normalized spacial score (nSPS) is 16.9. The Bertz CT molecular complexity index is 671. The summed E-state index contributed by atoms with van der Waals surface area (Å²) >= 11 is 0. The second kappa shape index (κ2) is 3.96. The molecule has 0 saturated carbocycles. The molecule has 0 heteroatoms. The third-order valence-electron chi connectivity index (χ3n) is 4.36. The summed E-state index contributed by atoms with van der Waals surface area (Å²) in [5.41, 5.74) is 8.68. The lowest BCUT2D eigenvalue weighted by molar-refractivity contribution is 0.993. The number of allylic oxidation sites excluding steroid dienone is 4. The molecule has 0 saturated heterocycles. The molecule has 2 aliphatic carbocycles. The van der Waals surface area contributed by atoms with Gasteiger partial charge in [-0.05, 0) is 41.2 Å². The van der Waals surface area contributed by atoms with Gasteiger partial charge < -0.3 is 0 Å². The average molecular weight is 244 g/mol. The highest BCUT2D eigenvalue weighted by atomic mass is 14.3. The highest BCUT2D eigenvalue weighted by molar-refractivity contribution is 5.81. The number of hydrogen-bond donors (Lipinski definition) is 0. The molecule has 0 heterocycles. The number of benzene rings is 2. The van der Waals surface area contributed by atoms with Gasteiger partial charge in [0.1, 0.15) is 0 Å². The first kappa shape index (κ1) is 10.8. The molecule has 0 amide bonds. The summed E-state index contributed by atoms with van der Waals surface area (Å²) in [5.74, 6) is 0.436. The van der Waals surface area contributed by atoms with Crippen molar-refractivity contribution < 1.29 is 0 Å². The Morgan fingerprint density at radius 3 is 1.89 bits per heavy atom. The molecule has 4 rings (SSSR count). The summed E-state index contributed by atoms with van der Waals surface area (Å²) in [4.78, 5) is 0. The molecule has 0 aliphatic heterocycles. The van der Waals surface area contributed by atoms with Crippen LogP contribution in [0.2, 0.25) is 0 Å². The zero-order valence-electron chi connectivity index (χ0n) is 11.1. The summed E-state index contributed by atoms with van der Waals surface area (Å²) in [6, 6.07) is 17.7. The number of rotatable bonds is 1. The maximum absolute atomic E-state index is 2.39. The molecular formula is C19H16. The first-order valence-corrected chi connectivity index (χ1v) is 6.91. The van der Waals surface area contributed by atoms with Crippen molar-refractivity contribution in [3.8, 4) is 11.1 Å². The highest BCUT2D eigenvalue weighted by Crippen LogP contribution is 2.50. The van der Waals surface area contributed by atoms with E-state index >= 15 is 0 Å². The summed E-state index contributed by atoms with van der Waals surface area (Å²) in [6.07, 6.45) is 5.81. The van der Waals surface area contributed by atoms with Gasteiger partial charge in [0.15, 0.2) is 0 Å². The second-order valence-corrected chi connectivity index (χ2v) is 5.39. The van der Waals surface area contributed by atoms with Crippen molar-refractivity contribution >= 4 is 0 Å². The van der Waals surface area contributed by atoms with Gasteiger partial charge in [0.05, 0.1) is 0 Å². The Labute approximate surface area is 114 Å². The van der Waals surface area contributed by atoms with Gasteiger partial charge in [-0.1, -0.05) is 66.3 Å². The lowest BCUT2D eigenvalue weighted by Gasteiger charge is -2.16. The largest absolute Gasteiger partial charge is 0.0775 e. The predicted octanol–water partition coefficient (Wildman–Crippen LogP) is 5.08. The van der Waals surface area contributed by atoms with Crippen LogP contribution in [-0.2, 0) is 0 Å². The lowest BCUT2D eigenvalue weighted by atomic mass is 9.87. The van der Waals surface area contributed by atoms with Crippen molar-refractivity contribution in [2.75, 3.05) is 0 Å². The minimum Gasteiger partial charge on any atom is -0.0775 e. The fourth-order valence-corrected chi connectivity index (χ4v) is 3.48. The van der Waals surface area contributed by atoms with Crippen molar-refractivity contribution in [2.24, 2.45) is 0 Å². The van der Waals surface area contributed by atoms with Gasteiger partial charge in [-0.3, -0.25) is 0 Å². The molecule has 0 spiro atoms. The molecular weight excluding hydrogens is 228 g/mol. The summed E-state index contributed by atoms with van der Waals surface area (Å²) < 4.78 is 0. The number of fused-ring (bicyclic) bond motifs is 3. The van der Waals surface area contributed by atoms with Gasteiger partial charge in [-0.2, -0.15) is 0 Å². The monoisotopic (exact) mass is 244 g/mol. The first-order chi connectivity index (χ1) is 9.36. The van der Waals surface area contributed by atoms with Gasteiger partial charge in [-0.15, -0.1) is 0 Å². The molecule has 92 valence electrons. The van der Waals surface area contributed by atoms with Crippen LogP contribution in [0.3, 0.4) is 0 Å². The van der Waals surface area contributed by atoms with Gasteiger partial charge in [0, 0.05) is 5.92 Å². The van der Waals surface area contributed by atoms with E-state index in [2.05, 4.69) is 67.6 Å². The fraction of sp³-hybridized carbons (Fsp3) is 0.158. The van der Waals surface area contributed by atoms with E-state index < -0.39 is 0 Å². The molecule has 2 aliphatic rings. The summed E-state index contributed by atoms with van der Waals surface area (Å²) in [7, 11) is 0. The van der Waals surface area contributed by atoms with E-state index in [1.807, 2.05) is 0 Å². The van der Waals surface area contributed by atoms with Gasteiger partial charge in [0.2, 0.25) is 0 Å². The van der Waals surface area contributed by atoms with Crippen LogP contribution in [-0.4, -0.2) is 0 Å². The van der Waals surface area contributed by atoms with E-state index in [1.165, 1.54) is 33.4 Å². The van der Waals surface area contributed by atoms with Crippen LogP contribution < -0.4 is 0 Å². The van der Waals surface area contributed by atoms with Crippen molar-refractivity contribution in [1.82, 2.24) is 0 Å². The maximum atomic E-state index is 2.39. The molecule has 0 N–H and O–H groups in total. The van der Waals surface area contributed by atoms with Crippen LogP contribution in [0.5, 0.6) is 0 Å². The van der Waals surface area contributed by atoms with Crippen LogP contribution in [0.25, 0.3) is 11.1 Å². The molecule has 0 atom stereocenters. The number of hydrogen-bond acceptors (Lipinski definition) is 0. The van der Waals surface area contributed by atoms with Crippen LogP contribution in [0.1, 0.15) is 30.4 Å². The molecule has 0 aromatic heterocycles.